The molecule has 1 aromatic carbocycles. The van der Waals surface area contributed by atoms with Gasteiger partial charge in [0.15, 0.2) is 0 Å². The van der Waals surface area contributed by atoms with E-state index in [2.05, 4.69) is 30.6 Å². The first-order chi connectivity index (χ1) is 11.1. The Kier molecular flexibility index (Phi) is 4.25. The SMILES string of the molecule is COC(=O)c1ccc(Cc2[nH]c(=O)cc3ccc(Br)nc23)cc1. The largest absolute Gasteiger partial charge is 0.465 e. The monoisotopic (exact) mass is 372 g/mol. The third-order valence-electron chi connectivity index (χ3n) is 3.49. The number of rotatable bonds is 3. The zero-order valence-corrected chi connectivity index (χ0v) is 13.9. The van der Waals surface area contributed by atoms with Gasteiger partial charge < -0.3 is 9.72 Å². The Morgan fingerprint density at radius 3 is 2.65 bits per heavy atom. The quantitative estimate of drug-likeness (QED) is 0.566. The van der Waals surface area contributed by atoms with Crippen LogP contribution in [0.3, 0.4) is 0 Å². The molecule has 0 spiro atoms. The van der Waals surface area contributed by atoms with Crippen molar-refractivity contribution < 1.29 is 9.53 Å². The van der Waals surface area contributed by atoms with E-state index >= 15 is 0 Å². The lowest BCUT2D eigenvalue weighted by Gasteiger charge is -2.07. The van der Waals surface area contributed by atoms with Crippen LogP contribution in [-0.2, 0) is 11.2 Å². The fraction of sp³-hybridized carbons (Fsp3) is 0.118. The van der Waals surface area contributed by atoms with E-state index in [0.29, 0.717) is 16.6 Å². The van der Waals surface area contributed by atoms with Gasteiger partial charge in [-0.1, -0.05) is 12.1 Å². The van der Waals surface area contributed by atoms with Crippen molar-refractivity contribution in [3.63, 3.8) is 0 Å². The molecule has 0 fully saturated rings. The maximum Gasteiger partial charge on any atom is 0.337 e. The van der Waals surface area contributed by atoms with E-state index < -0.39 is 0 Å². The highest BCUT2D eigenvalue weighted by atomic mass is 79.9. The molecule has 0 amide bonds. The molecule has 2 heterocycles. The molecule has 0 aliphatic carbocycles. The van der Waals surface area contributed by atoms with Crippen molar-refractivity contribution in [2.45, 2.75) is 6.42 Å². The fourth-order valence-corrected chi connectivity index (χ4v) is 2.71. The number of benzene rings is 1. The summed E-state index contributed by atoms with van der Waals surface area (Å²) in [5.41, 5.74) is 2.77. The number of hydrogen-bond acceptors (Lipinski definition) is 4. The third kappa shape index (κ3) is 3.32. The molecule has 0 aliphatic heterocycles. The summed E-state index contributed by atoms with van der Waals surface area (Å²) in [7, 11) is 1.35. The number of aromatic nitrogens is 2. The summed E-state index contributed by atoms with van der Waals surface area (Å²) >= 11 is 3.35. The number of nitrogens with zero attached hydrogens (tertiary/aromatic N) is 1. The van der Waals surface area contributed by atoms with Crippen LogP contribution in [0.1, 0.15) is 21.6 Å². The van der Waals surface area contributed by atoms with Gasteiger partial charge in [-0.25, -0.2) is 9.78 Å². The van der Waals surface area contributed by atoms with Crippen molar-refractivity contribution in [1.29, 1.82) is 0 Å². The number of H-pyrrole nitrogens is 1. The minimum atomic E-state index is -0.374. The van der Waals surface area contributed by atoms with E-state index in [-0.39, 0.29) is 11.5 Å². The first kappa shape index (κ1) is 15.4. The second-order valence-corrected chi connectivity index (χ2v) is 5.86. The van der Waals surface area contributed by atoms with Gasteiger partial charge in [0.05, 0.1) is 18.2 Å². The highest BCUT2D eigenvalue weighted by Crippen LogP contribution is 2.19. The molecule has 0 saturated carbocycles. The number of aromatic amines is 1. The fourth-order valence-electron chi connectivity index (χ4n) is 2.40. The first-order valence-corrected chi connectivity index (χ1v) is 7.72. The summed E-state index contributed by atoms with van der Waals surface area (Å²) in [5.74, 6) is -0.374. The zero-order valence-electron chi connectivity index (χ0n) is 12.3. The number of pyridine rings is 2. The number of ether oxygens (including phenoxy) is 1. The molecular formula is C17H13BrN2O3. The molecule has 116 valence electrons. The van der Waals surface area contributed by atoms with Crippen LogP contribution in [0.5, 0.6) is 0 Å². The van der Waals surface area contributed by atoms with E-state index in [9.17, 15) is 9.59 Å². The molecule has 6 heteroatoms. The van der Waals surface area contributed by atoms with E-state index in [0.717, 1.165) is 22.2 Å². The van der Waals surface area contributed by atoms with Crippen molar-refractivity contribution in [3.8, 4) is 0 Å². The standard InChI is InChI=1S/C17H13BrN2O3/c1-23-17(22)11-4-2-10(3-5-11)8-13-16-12(9-15(21)19-13)6-7-14(18)20-16/h2-7,9H,8H2,1H3,(H,19,21). The Labute approximate surface area is 140 Å². The Balaban J connectivity index is 1.99. The molecule has 0 radical (unpaired) electrons. The third-order valence-corrected chi connectivity index (χ3v) is 3.94. The van der Waals surface area contributed by atoms with E-state index in [1.54, 1.807) is 18.2 Å². The van der Waals surface area contributed by atoms with Gasteiger partial charge in [0, 0.05) is 23.6 Å². The van der Waals surface area contributed by atoms with E-state index in [1.807, 2.05) is 18.2 Å². The molecule has 23 heavy (non-hydrogen) atoms. The van der Waals surface area contributed by atoms with Gasteiger partial charge in [0.2, 0.25) is 5.56 Å². The number of nitrogens with one attached hydrogen (secondary N) is 1. The van der Waals surface area contributed by atoms with Crippen molar-refractivity contribution in [1.82, 2.24) is 9.97 Å². The van der Waals surface area contributed by atoms with Crippen LogP contribution in [0.2, 0.25) is 0 Å². The maximum atomic E-state index is 11.8. The lowest BCUT2D eigenvalue weighted by molar-refractivity contribution is 0.0600. The predicted octanol–water partition coefficient (Wildman–Crippen LogP) is 3.06. The van der Waals surface area contributed by atoms with Gasteiger partial charge in [-0.3, -0.25) is 4.79 Å². The summed E-state index contributed by atoms with van der Waals surface area (Å²) in [6, 6.07) is 12.3. The van der Waals surface area contributed by atoms with Crippen LogP contribution in [0.25, 0.3) is 10.9 Å². The molecule has 2 aromatic heterocycles. The number of carbonyl (C=O) groups is 1. The topological polar surface area (TPSA) is 72.1 Å². The molecule has 0 aliphatic rings. The molecule has 0 atom stereocenters. The second-order valence-electron chi connectivity index (χ2n) is 5.05. The van der Waals surface area contributed by atoms with Crippen molar-refractivity contribution in [2.24, 2.45) is 0 Å². The van der Waals surface area contributed by atoms with Crippen LogP contribution in [0, 0.1) is 0 Å². The van der Waals surface area contributed by atoms with Crippen molar-refractivity contribution in [2.75, 3.05) is 7.11 Å². The first-order valence-electron chi connectivity index (χ1n) is 6.92. The predicted molar refractivity (Wildman–Crippen MR) is 90.7 cm³/mol. The number of hydrogen-bond donors (Lipinski definition) is 1. The molecule has 1 N–H and O–H groups in total. The number of methoxy groups -OCH3 is 1. The Morgan fingerprint density at radius 1 is 1.22 bits per heavy atom. The maximum absolute atomic E-state index is 11.8. The Morgan fingerprint density at radius 2 is 1.96 bits per heavy atom. The van der Waals surface area contributed by atoms with Crippen molar-refractivity contribution >= 4 is 32.8 Å². The summed E-state index contributed by atoms with van der Waals surface area (Å²) in [5, 5.41) is 0.790. The average molecular weight is 373 g/mol. The number of halogens is 1. The molecule has 0 unspecified atom stereocenters. The zero-order chi connectivity index (χ0) is 16.4. The molecule has 5 nitrogen and oxygen atoms in total. The molecular weight excluding hydrogens is 360 g/mol. The normalized spacial score (nSPS) is 10.7. The number of carbonyl (C=O) groups excluding carboxylic acids is 1. The van der Waals surface area contributed by atoms with Crippen molar-refractivity contribution in [3.05, 3.63) is 74.2 Å². The molecule has 0 saturated heterocycles. The molecule has 3 rings (SSSR count). The smallest absolute Gasteiger partial charge is 0.337 e. The molecule has 3 aromatic rings. The second kappa shape index (κ2) is 6.34. The summed E-state index contributed by atoms with van der Waals surface area (Å²) in [4.78, 5) is 30.5. The van der Waals surface area contributed by atoms with Gasteiger partial charge in [-0.05, 0) is 45.8 Å². The van der Waals surface area contributed by atoms with Crippen LogP contribution in [0.15, 0.2) is 51.9 Å². The van der Waals surface area contributed by atoms with Gasteiger partial charge in [-0.15, -0.1) is 0 Å². The highest BCUT2D eigenvalue weighted by Gasteiger charge is 2.09. The minimum Gasteiger partial charge on any atom is -0.465 e. The van der Waals surface area contributed by atoms with Crippen LogP contribution in [0.4, 0.5) is 0 Å². The summed E-state index contributed by atoms with van der Waals surface area (Å²) in [6.07, 6.45) is 0.511. The minimum absolute atomic E-state index is 0.164. The number of esters is 1. The van der Waals surface area contributed by atoms with Crippen LogP contribution < -0.4 is 5.56 Å². The lowest BCUT2D eigenvalue weighted by Crippen LogP contribution is -2.09. The highest BCUT2D eigenvalue weighted by molar-refractivity contribution is 9.10. The average Bonchev–Trinajstić information content (AvgIpc) is 2.55. The van der Waals surface area contributed by atoms with Gasteiger partial charge >= 0.3 is 5.97 Å². The Hall–Kier alpha value is -2.47. The van der Waals surface area contributed by atoms with Gasteiger partial charge in [0.1, 0.15) is 4.60 Å². The molecule has 0 bridgehead atoms. The Bertz CT molecular complexity index is 933. The van der Waals surface area contributed by atoms with Crippen LogP contribution in [-0.4, -0.2) is 23.0 Å². The van der Waals surface area contributed by atoms with Gasteiger partial charge in [0.25, 0.3) is 0 Å². The summed E-state index contributed by atoms with van der Waals surface area (Å²) in [6.45, 7) is 0. The van der Waals surface area contributed by atoms with Gasteiger partial charge in [-0.2, -0.15) is 0 Å². The van der Waals surface area contributed by atoms with Crippen LogP contribution >= 0.6 is 15.9 Å². The van der Waals surface area contributed by atoms with E-state index in [4.69, 9.17) is 0 Å². The summed E-state index contributed by atoms with van der Waals surface area (Å²) < 4.78 is 5.39. The number of fused-ring (bicyclic) bond motifs is 1. The van der Waals surface area contributed by atoms with E-state index in [1.165, 1.54) is 13.2 Å². The lowest BCUT2D eigenvalue weighted by atomic mass is 10.1.